The number of benzene rings is 3. The maximum Gasteiger partial charge on any atom is 0.305 e. The molecule has 2 N–H and O–H groups in total. The third kappa shape index (κ3) is 5.30. The van der Waals surface area contributed by atoms with E-state index < -0.39 is 40.0 Å². The van der Waals surface area contributed by atoms with Gasteiger partial charge in [-0.15, -0.1) is 0 Å². The quantitative estimate of drug-likeness (QED) is 0.344. The van der Waals surface area contributed by atoms with Crippen LogP contribution in [0.4, 0.5) is 5.69 Å². The van der Waals surface area contributed by atoms with Gasteiger partial charge in [-0.05, 0) is 43.3 Å². The number of aliphatic hydroxyl groups is 1. The van der Waals surface area contributed by atoms with E-state index in [9.17, 15) is 28.2 Å². The average Bonchev–Trinajstić information content (AvgIpc) is 3.22. The van der Waals surface area contributed by atoms with E-state index in [0.717, 1.165) is 4.31 Å². The minimum absolute atomic E-state index is 0.000702. The van der Waals surface area contributed by atoms with Gasteiger partial charge in [-0.25, -0.2) is 12.7 Å². The Bertz CT molecular complexity index is 1600. The van der Waals surface area contributed by atoms with Crippen molar-refractivity contribution in [3.63, 3.8) is 0 Å². The van der Waals surface area contributed by atoms with Crippen molar-refractivity contribution in [2.75, 3.05) is 31.6 Å². The first-order chi connectivity index (χ1) is 19.4. The van der Waals surface area contributed by atoms with Gasteiger partial charge in [0.2, 0.25) is 5.91 Å². The lowest BCUT2D eigenvalue weighted by Crippen LogP contribution is -2.57. The van der Waals surface area contributed by atoms with Crippen LogP contribution in [0.1, 0.15) is 24.5 Å². The summed E-state index contributed by atoms with van der Waals surface area (Å²) in [6.07, 6.45) is -0.391. The van der Waals surface area contributed by atoms with Gasteiger partial charge in [0, 0.05) is 40.3 Å². The molecule has 0 spiro atoms. The number of sulfonamides is 1. The van der Waals surface area contributed by atoms with Crippen molar-refractivity contribution in [2.24, 2.45) is 0 Å². The SMILES string of the molecule is CCN(CCC(=O)O)C(=O)C1N(S(=O)(=O)c2ccc(OC)c(OC)c2)c2ccc(Cl)cc2C1(O)c1ccccc1Cl. The molecule has 0 bridgehead atoms. The van der Waals surface area contributed by atoms with Gasteiger partial charge < -0.3 is 24.6 Å². The summed E-state index contributed by atoms with van der Waals surface area (Å²) in [7, 11) is -1.84. The first-order valence-corrected chi connectivity index (χ1v) is 14.7. The van der Waals surface area contributed by atoms with E-state index >= 15 is 0 Å². The third-order valence-corrected chi connectivity index (χ3v) is 9.30. The number of likely N-dealkylation sites (N-methyl/N-ethyl adjacent to an activating group) is 1. The van der Waals surface area contributed by atoms with Gasteiger partial charge in [0.05, 0.1) is 31.2 Å². The summed E-state index contributed by atoms with van der Waals surface area (Å²) in [6.45, 7) is 1.45. The molecule has 0 saturated carbocycles. The Morgan fingerprint density at radius 2 is 1.68 bits per heavy atom. The molecule has 3 aromatic carbocycles. The molecule has 2 unspecified atom stereocenters. The first kappa shape index (κ1) is 30.4. The molecule has 0 radical (unpaired) electrons. The molecule has 218 valence electrons. The zero-order chi connectivity index (χ0) is 30.1. The lowest BCUT2D eigenvalue weighted by atomic mass is 9.82. The van der Waals surface area contributed by atoms with Crippen LogP contribution in [-0.2, 0) is 25.2 Å². The molecule has 1 aliphatic rings. The van der Waals surface area contributed by atoms with Crippen molar-refractivity contribution in [3.8, 4) is 11.5 Å². The maximum atomic E-state index is 14.4. The molecule has 0 fully saturated rings. The van der Waals surface area contributed by atoms with E-state index in [0.29, 0.717) is 0 Å². The Balaban J connectivity index is 2.03. The Kier molecular flexibility index (Phi) is 8.74. The number of carbonyl (C=O) groups is 2. The van der Waals surface area contributed by atoms with E-state index in [-0.39, 0.29) is 56.3 Å². The molecule has 1 amide bonds. The van der Waals surface area contributed by atoms with Crippen molar-refractivity contribution in [2.45, 2.75) is 29.9 Å². The minimum atomic E-state index is -4.59. The van der Waals surface area contributed by atoms with E-state index in [1.807, 2.05) is 0 Å². The number of carboxylic acids is 1. The van der Waals surface area contributed by atoms with Gasteiger partial charge in [-0.3, -0.25) is 9.59 Å². The monoisotopic (exact) mass is 622 g/mol. The van der Waals surface area contributed by atoms with Crippen molar-refractivity contribution in [1.29, 1.82) is 0 Å². The summed E-state index contributed by atoms with van der Waals surface area (Å²) in [5.41, 5.74) is -2.20. The second-order valence-corrected chi connectivity index (χ2v) is 11.8. The fourth-order valence-electron chi connectivity index (χ4n) is 4.99. The summed E-state index contributed by atoms with van der Waals surface area (Å²) < 4.78 is 40.3. The number of ether oxygens (including phenoxy) is 2. The molecule has 3 aromatic rings. The molecule has 1 aliphatic heterocycles. The highest BCUT2D eigenvalue weighted by Gasteiger charge is 2.60. The predicted octanol–water partition coefficient (Wildman–Crippen LogP) is 4.15. The summed E-state index contributed by atoms with van der Waals surface area (Å²) in [4.78, 5) is 26.6. The summed E-state index contributed by atoms with van der Waals surface area (Å²) in [6, 6.07) is 12.6. The van der Waals surface area contributed by atoms with Crippen LogP contribution < -0.4 is 13.8 Å². The van der Waals surface area contributed by atoms with Gasteiger partial charge >= 0.3 is 5.97 Å². The van der Waals surface area contributed by atoms with Crippen LogP contribution in [-0.4, -0.2) is 68.8 Å². The number of hydrogen-bond donors (Lipinski definition) is 2. The Labute approximate surface area is 247 Å². The lowest BCUT2D eigenvalue weighted by Gasteiger charge is -2.37. The number of anilines is 1. The second kappa shape index (κ2) is 11.8. The van der Waals surface area contributed by atoms with Gasteiger partial charge in [-0.2, -0.15) is 0 Å². The van der Waals surface area contributed by atoms with Crippen molar-refractivity contribution in [3.05, 3.63) is 81.8 Å². The van der Waals surface area contributed by atoms with Gasteiger partial charge in [0.25, 0.3) is 10.0 Å². The molecule has 0 saturated heterocycles. The molecule has 4 rings (SSSR count). The molecule has 1 heterocycles. The molecular formula is C28H28Cl2N2O8S. The van der Waals surface area contributed by atoms with Gasteiger partial charge in [0.1, 0.15) is 5.60 Å². The lowest BCUT2D eigenvalue weighted by molar-refractivity contribution is -0.140. The van der Waals surface area contributed by atoms with E-state index in [1.54, 1.807) is 19.1 Å². The number of rotatable bonds is 10. The van der Waals surface area contributed by atoms with Crippen LogP contribution in [0.3, 0.4) is 0 Å². The van der Waals surface area contributed by atoms with Crippen LogP contribution in [0.2, 0.25) is 10.0 Å². The number of carbonyl (C=O) groups excluding carboxylic acids is 1. The maximum absolute atomic E-state index is 14.4. The zero-order valence-electron chi connectivity index (χ0n) is 22.4. The number of methoxy groups -OCH3 is 2. The fraction of sp³-hybridized carbons (Fsp3) is 0.286. The molecule has 13 heteroatoms. The van der Waals surface area contributed by atoms with Gasteiger partial charge in [-0.1, -0.05) is 41.4 Å². The second-order valence-electron chi connectivity index (χ2n) is 9.19. The topological polar surface area (TPSA) is 134 Å². The highest BCUT2D eigenvalue weighted by atomic mass is 35.5. The van der Waals surface area contributed by atoms with Crippen LogP contribution in [0.5, 0.6) is 11.5 Å². The average molecular weight is 624 g/mol. The van der Waals surface area contributed by atoms with Crippen molar-refractivity contribution >= 4 is 50.8 Å². The van der Waals surface area contributed by atoms with Gasteiger partial charge in [0.15, 0.2) is 17.5 Å². The van der Waals surface area contributed by atoms with E-state index in [4.69, 9.17) is 32.7 Å². The highest BCUT2D eigenvalue weighted by Crippen LogP contribution is 2.52. The normalized spacial score (nSPS) is 18.1. The molecule has 10 nitrogen and oxygen atoms in total. The largest absolute Gasteiger partial charge is 0.493 e. The number of aliphatic carboxylic acids is 1. The highest BCUT2D eigenvalue weighted by molar-refractivity contribution is 7.93. The van der Waals surface area contributed by atoms with E-state index in [1.165, 1.54) is 67.7 Å². The van der Waals surface area contributed by atoms with Crippen molar-refractivity contribution in [1.82, 2.24) is 4.90 Å². The standard InChI is InChI=1S/C28H28Cl2N2O8S/c1-4-31(14-13-25(33)34)27(35)26-28(36,19-7-5-6-8-21(19)30)20-15-17(29)9-11-22(20)32(26)41(37,38)18-10-12-23(39-2)24(16-18)40-3/h5-12,15-16,26,36H,4,13-14H2,1-3H3,(H,33,34). The summed E-state index contributed by atoms with van der Waals surface area (Å²) >= 11 is 12.9. The number of hydrogen-bond acceptors (Lipinski definition) is 7. The van der Waals surface area contributed by atoms with Crippen LogP contribution in [0.25, 0.3) is 0 Å². The van der Waals surface area contributed by atoms with Crippen LogP contribution in [0.15, 0.2) is 65.6 Å². The predicted molar refractivity (Wildman–Crippen MR) is 153 cm³/mol. The molecular weight excluding hydrogens is 595 g/mol. The Morgan fingerprint density at radius 3 is 2.29 bits per heavy atom. The third-order valence-electron chi connectivity index (χ3n) is 6.96. The number of fused-ring (bicyclic) bond motifs is 1. The number of halogens is 2. The first-order valence-electron chi connectivity index (χ1n) is 12.5. The van der Waals surface area contributed by atoms with Crippen LogP contribution in [0, 0.1) is 0 Å². The van der Waals surface area contributed by atoms with Crippen LogP contribution >= 0.6 is 23.2 Å². The summed E-state index contributed by atoms with van der Waals surface area (Å²) in [5.74, 6) is -1.56. The molecule has 41 heavy (non-hydrogen) atoms. The number of carboxylic acid groups (broad SMARTS) is 1. The van der Waals surface area contributed by atoms with Crippen molar-refractivity contribution < 1.29 is 37.7 Å². The molecule has 0 aliphatic carbocycles. The molecule has 2 atom stereocenters. The minimum Gasteiger partial charge on any atom is -0.493 e. The fourth-order valence-corrected chi connectivity index (χ4v) is 7.10. The Hall–Kier alpha value is -3.51. The number of amides is 1. The van der Waals surface area contributed by atoms with E-state index in [2.05, 4.69) is 0 Å². The summed E-state index contributed by atoms with van der Waals surface area (Å²) in [5, 5.41) is 22.1. The Morgan fingerprint density at radius 1 is 1.00 bits per heavy atom. The number of nitrogens with zero attached hydrogens (tertiary/aromatic N) is 2. The smallest absolute Gasteiger partial charge is 0.305 e. The molecule has 0 aromatic heterocycles. The zero-order valence-corrected chi connectivity index (χ0v) is 24.7.